The molecule has 1 aromatic rings. The number of aryl methyl sites for hydroxylation is 1. The summed E-state index contributed by atoms with van der Waals surface area (Å²) in [5.74, 6) is -2.11. The van der Waals surface area contributed by atoms with Crippen LogP contribution in [0.2, 0.25) is 0 Å². The van der Waals surface area contributed by atoms with E-state index in [1.165, 1.54) is 11.0 Å². The molecule has 6 heteroatoms. The SMILES string of the molecule is O=C1[C@H]2CC=CC[C@H]2C(=O)N1CC(=O)N1CCCc2cccc(F)c21. The minimum Gasteiger partial charge on any atom is -0.308 e. The Balaban J connectivity index is 1.56. The summed E-state index contributed by atoms with van der Waals surface area (Å²) in [6, 6.07) is 4.77. The maximum Gasteiger partial charge on any atom is 0.247 e. The van der Waals surface area contributed by atoms with E-state index in [1.54, 1.807) is 6.07 Å². The standard InChI is InChI=1S/C19H19FN2O3/c20-15-9-3-5-12-6-4-10-21(17(12)15)16(23)11-22-18(24)13-7-1-2-8-14(13)19(22)25/h1-3,5,9,13-14H,4,6-8,10-11H2/t13-,14+. The predicted molar refractivity (Wildman–Crippen MR) is 89.1 cm³/mol. The number of likely N-dealkylation sites (tertiary alicyclic amines) is 1. The van der Waals surface area contributed by atoms with Crippen LogP contribution in [0.25, 0.3) is 0 Å². The van der Waals surface area contributed by atoms with E-state index >= 15 is 0 Å². The molecule has 4 rings (SSSR count). The molecule has 0 saturated carbocycles. The number of carbonyl (C=O) groups is 3. The Kier molecular flexibility index (Phi) is 3.90. The number of hydrogen-bond acceptors (Lipinski definition) is 3. The van der Waals surface area contributed by atoms with Crippen LogP contribution in [0.15, 0.2) is 30.4 Å². The van der Waals surface area contributed by atoms with E-state index in [9.17, 15) is 18.8 Å². The van der Waals surface area contributed by atoms with E-state index < -0.39 is 11.7 Å². The van der Waals surface area contributed by atoms with Crippen molar-refractivity contribution in [1.29, 1.82) is 0 Å². The first-order valence-electron chi connectivity index (χ1n) is 8.66. The summed E-state index contributed by atoms with van der Waals surface area (Å²) in [5.41, 5.74) is 1.08. The van der Waals surface area contributed by atoms with Crippen LogP contribution in [-0.2, 0) is 20.8 Å². The quantitative estimate of drug-likeness (QED) is 0.611. The number of carbonyl (C=O) groups excluding carboxylic acids is 3. The Hall–Kier alpha value is -2.50. The van der Waals surface area contributed by atoms with Gasteiger partial charge in [-0.05, 0) is 37.3 Å². The first-order chi connectivity index (χ1) is 12.1. The highest BCUT2D eigenvalue weighted by molar-refractivity contribution is 6.09. The number of halogens is 1. The molecule has 0 aromatic heterocycles. The van der Waals surface area contributed by atoms with E-state index in [0.717, 1.165) is 16.9 Å². The molecule has 1 aliphatic carbocycles. The van der Waals surface area contributed by atoms with Crippen LogP contribution in [-0.4, -0.2) is 35.7 Å². The number of amides is 3. The number of benzene rings is 1. The molecule has 1 fully saturated rings. The average Bonchev–Trinajstić information content (AvgIpc) is 2.87. The third-order valence-electron chi connectivity index (χ3n) is 5.36. The van der Waals surface area contributed by atoms with Crippen LogP contribution in [0.1, 0.15) is 24.8 Å². The van der Waals surface area contributed by atoms with Crippen molar-refractivity contribution in [1.82, 2.24) is 4.90 Å². The van der Waals surface area contributed by atoms with Gasteiger partial charge in [-0.25, -0.2) is 4.39 Å². The average molecular weight is 342 g/mol. The lowest BCUT2D eigenvalue weighted by atomic mass is 9.85. The summed E-state index contributed by atoms with van der Waals surface area (Å²) in [4.78, 5) is 40.2. The molecule has 1 aromatic carbocycles. The van der Waals surface area contributed by atoms with E-state index in [4.69, 9.17) is 0 Å². The fourth-order valence-electron chi connectivity index (χ4n) is 4.10. The fraction of sp³-hybridized carbons (Fsp3) is 0.421. The zero-order valence-electron chi connectivity index (χ0n) is 13.8. The molecule has 1 saturated heterocycles. The number of para-hydroxylation sites is 1. The van der Waals surface area contributed by atoms with Gasteiger partial charge in [0.2, 0.25) is 17.7 Å². The van der Waals surface area contributed by atoms with Gasteiger partial charge < -0.3 is 4.90 Å². The highest BCUT2D eigenvalue weighted by Crippen LogP contribution is 2.35. The number of rotatable bonds is 2. The van der Waals surface area contributed by atoms with Crippen molar-refractivity contribution in [2.45, 2.75) is 25.7 Å². The van der Waals surface area contributed by atoms with E-state index in [2.05, 4.69) is 0 Å². The largest absolute Gasteiger partial charge is 0.308 e. The van der Waals surface area contributed by atoms with Crippen LogP contribution in [0.4, 0.5) is 10.1 Å². The van der Waals surface area contributed by atoms with Gasteiger partial charge in [-0.3, -0.25) is 19.3 Å². The van der Waals surface area contributed by atoms with E-state index in [1.807, 2.05) is 18.2 Å². The molecule has 0 spiro atoms. The van der Waals surface area contributed by atoms with Gasteiger partial charge >= 0.3 is 0 Å². The molecule has 130 valence electrons. The second-order valence-electron chi connectivity index (χ2n) is 6.81. The smallest absolute Gasteiger partial charge is 0.247 e. The Morgan fingerprint density at radius 2 is 1.80 bits per heavy atom. The lowest BCUT2D eigenvalue weighted by molar-refractivity contribution is -0.143. The van der Waals surface area contributed by atoms with Gasteiger partial charge in [0.15, 0.2) is 0 Å². The number of fused-ring (bicyclic) bond motifs is 2. The topological polar surface area (TPSA) is 57.7 Å². The Labute approximate surface area is 145 Å². The molecular formula is C19H19FN2O3. The van der Waals surface area contributed by atoms with Crippen molar-refractivity contribution in [2.24, 2.45) is 11.8 Å². The molecule has 25 heavy (non-hydrogen) atoms. The van der Waals surface area contributed by atoms with Gasteiger partial charge in [-0.2, -0.15) is 0 Å². The van der Waals surface area contributed by atoms with Gasteiger partial charge in [0.05, 0.1) is 17.5 Å². The third kappa shape index (κ3) is 2.56. The molecule has 0 radical (unpaired) electrons. The van der Waals surface area contributed by atoms with Gasteiger partial charge in [0.1, 0.15) is 12.4 Å². The maximum absolute atomic E-state index is 14.2. The van der Waals surface area contributed by atoms with Crippen molar-refractivity contribution in [3.8, 4) is 0 Å². The number of hydrogen-bond donors (Lipinski definition) is 0. The first kappa shape index (κ1) is 16.0. The molecule has 5 nitrogen and oxygen atoms in total. The molecular weight excluding hydrogens is 323 g/mol. The van der Waals surface area contributed by atoms with Gasteiger partial charge in [0, 0.05) is 6.54 Å². The fourth-order valence-corrected chi connectivity index (χ4v) is 4.10. The van der Waals surface area contributed by atoms with Gasteiger partial charge in [0.25, 0.3) is 0 Å². The summed E-state index contributed by atoms with van der Waals surface area (Å²) < 4.78 is 14.2. The Bertz CT molecular complexity index is 763. The molecule has 0 N–H and O–H groups in total. The summed E-state index contributed by atoms with van der Waals surface area (Å²) in [6.07, 6.45) is 6.36. The van der Waals surface area contributed by atoms with Crippen molar-refractivity contribution in [3.63, 3.8) is 0 Å². The summed E-state index contributed by atoms with van der Waals surface area (Å²) in [7, 11) is 0. The number of imide groups is 1. The minimum absolute atomic E-state index is 0.279. The van der Waals surface area contributed by atoms with Crippen LogP contribution in [0, 0.1) is 17.7 Å². The molecule has 2 atom stereocenters. The van der Waals surface area contributed by atoms with Crippen molar-refractivity contribution < 1.29 is 18.8 Å². The molecule has 3 aliphatic rings. The van der Waals surface area contributed by atoms with Crippen molar-refractivity contribution in [3.05, 3.63) is 41.7 Å². The van der Waals surface area contributed by atoms with Gasteiger partial charge in [-0.15, -0.1) is 0 Å². The maximum atomic E-state index is 14.2. The molecule has 3 amide bonds. The summed E-state index contributed by atoms with van der Waals surface area (Å²) >= 11 is 0. The van der Waals surface area contributed by atoms with Crippen LogP contribution >= 0.6 is 0 Å². The molecule has 0 unspecified atom stereocenters. The van der Waals surface area contributed by atoms with Crippen LogP contribution in [0.5, 0.6) is 0 Å². The third-order valence-corrected chi connectivity index (χ3v) is 5.36. The molecule has 2 heterocycles. The monoisotopic (exact) mass is 342 g/mol. The van der Waals surface area contributed by atoms with Crippen molar-refractivity contribution >= 4 is 23.4 Å². The van der Waals surface area contributed by atoms with Crippen molar-refractivity contribution in [2.75, 3.05) is 18.0 Å². The highest BCUT2D eigenvalue weighted by Gasteiger charge is 2.48. The molecule has 2 aliphatic heterocycles. The minimum atomic E-state index is -0.442. The predicted octanol–water partition coefficient (Wildman–Crippen LogP) is 2.06. The lowest BCUT2D eigenvalue weighted by Crippen LogP contribution is -2.45. The summed E-state index contributed by atoms with van der Waals surface area (Å²) in [5, 5.41) is 0. The molecule has 0 bridgehead atoms. The zero-order valence-corrected chi connectivity index (χ0v) is 13.8. The first-order valence-corrected chi connectivity index (χ1v) is 8.66. The Morgan fingerprint density at radius 1 is 1.12 bits per heavy atom. The Morgan fingerprint density at radius 3 is 2.48 bits per heavy atom. The lowest BCUT2D eigenvalue weighted by Gasteiger charge is -2.31. The second kappa shape index (κ2) is 6.10. The van der Waals surface area contributed by atoms with E-state index in [0.29, 0.717) is 25.8 Å². The number of anilines is 1. The van der Waals surface area contributed by atoms with Crippen LogP contribution in [0.3, 0.4) is 0 Å². The normalized spacial score (nSPS) is 25.2. The van der Waals surface area contributed by atoms with E-state index in [-0.39, 0.29) is 35.9 Å². The van der Waals surface area contributed by atoms with Gasteiger partial charge in [-0.1, -0.05) is 24.3 Å². The second-order valence-corrected chi connectivity index (χ2v) is 6.81. The number of nitrogens with zero attached hydrogens (tertiary/aromatic N) is 2. The van der Waals surface area contributed by atoms with Crippen LogP contribution < -0.4 is 4.90 Å². The zero-order chi connectivity index (χ0) is 17.6. The summed E-state index contributed by atoms with van der Waals surface area (Å²) in [6.45, 7) is 0.0931. The highest BCUT2D eigenvalue weighted by atomic mass is 19.1. The number of allylic oxidation sites excluding steroid dienone is 2.